The fraction of sp³-hybridized carbons (Fsp3) is 0.111. The van der Waals surface area contributed by atoms with Gasteiger partial charge in [0, 0.05) is 9.79 Å². The topological polar surface area (TPSA) is 78.8 Å². The summed E-state index contributed by atoms with van der Waals surface area (Å²) in [5.41, 5.74) is 1.65. The second-order valence-electron chi connectivity index (χ2n) is 5.59. The Morgan fingerprint density at radius 3 is 2.31 bits per heavy atom. The Bertz CT molecular complexity index is 913. The van der Waals surface area contributed by atoms with E-state index in [2.05, 4.69) is 10.3 Å². The summed E-state index contributed by atoms with van der Waals surface area (Å²) in [5.74, 6) is -0.983. The molecular formula is C18H13N3O3S2. The Balaban J connectivity index is 1.60. The summed E-state index contributed by atoms with van der Waals surface area (Å²) < 4.78 is 0. The van der Waals surface area contributed by atoms with Crippen LogP contribution < -0.4 is 10.2 Å². The minimum absolute atomic E-state index is 0.0553. The molecule has 2 aromatic carbocycles. The van der Waals surface area contributed by atoms with Crippen molar-refractivity contribution in [3.63, 3.8) is 0 Å². The molecule has 2 heterocycles. The van der Waals surface area contributed by atoms with E-state index in [-0.39, 0.29) is 23.2 Å². The molecule has 0 saturated heterocycles. The van der Waals surface area contributed by atoms with E-state index in [4.69, 9.17) is 0 Å². The Morgan fingerprint density at radius 2 is 1.69 bits per heavy atom. The van der Waals surface area contributed by atoms with E-state index in [1.807, 2.05) is 48.5 Å². The minimum Gasteiger partial charge on any atom is -0.305 e. The number of carbonyl (C=O) groups excluding carboxylic acids is 3. The first kappa shape index (κ1) is 16.9. The zero-order valence-electron chi connectivity index (χ0n) is 13.5. The minimum atomic E-state index is -0.492. The van der Waals surface area contributed by atoms with Crippen LogP contribution in [0.15, 0.2) is 63.3 Å². The Labute approximate surface area is 158 Å². The number of carbonyl (C=O) groups is 3. The fourth-order valence-corrected chi connectivity index (χ4v) is 4.52. The lowest BCUT2D eigenvalue weighted by Crippen LogP contribution is -2.36. The number of nitrogens with zero attached hydrogens (tertiary/aromatic N) is 2. The first-order valence-corrected chi connectivity index (χ1v) is 9.65. The maximum absolute atomic E-state index is 13.0. The summed E-state index contributed by atoms with van der Waals surface area (Å²) in [6, 6.07) is 15.4. The monoisotopic (exact) mass is 383 g/mol. The van der Waals surface area contributed by atoms with Gasteiger partial charge in [0.05, 0.1) is 17.1 Å². The molecule has 1 N–H and O–H groups in total. The molecule has 0 saturated carbocycles. The van der Waals surface area contributed by atoms with Crippen molar-refractivity contribution in [2.24, 2.45) is 4.99 Å². The third kappa shape index (κ3) is 3.25. The maximum atomic E-state index is 13.0. The maximum Gasteiger partial charge on any atom is 0.257 e. The third-order valence-electron chi connectivity index (χ3n) is 3.80. The quantitative estimate of drug-likeness (QED) is 0.807. The van der Waals surface area contributed by atoms with E-state index in [1.54, 1.807) is 16.7 Å². The van der Waals surface area contributed by atoms with Crippen LogP contribution in [-0.4, -0.2) is 28.6 Å². The van der Waals surface area contributed by atoms with Gasteiger partial charge >= 0.3 is 0 Å². The lowest BCUT2D eigenvalue weighted by molar-refractivity contribution is -0.127. The smallest absolute Gasteiger partial charge is 0.257 e. The van der Waals surface area contributed by atoms with Crippen molar-refractivity contribution in [2.45, 2.75) is 16.2 Å². The Hall–Kier alpha value is -2.58. The highest BCUT2D eigenvalue weighted by atomic mass is 32.2. The van der Waals surface area contributed by atoms with Gasteiger partial charge in [0.15, 0.2) is 5.17 Å². The van der Waals surface area contributed by atoms with E-state index in [9.17, 15) is 14.4 Å². The van der Waals surface area contributed by atoms with Crippen LogP contribution in [0.1, 0.15) is 6.42 Å². The van der Waals surface area contributed by atoms with Crippen LogP contribution in [0.25, 0.3) is 0 Å². The number of fused-ring (bicyclic) bond motifs is 2. The predicted octanol–water partition coefficient (Wildman–Crippen LogP) is 2.95. The molecule has 4 rings (SSSR count). The number of anilines is 2. The molecule has 2 aliphatic rings. The molecule has 0 aliphatic carbocycles. The highest BCUT2D eigenvalue weighted by Crippen LogP contribution is 2.47. The van der Waals surface area contributed by atoms with Crippen molar-refractivity contribution < 1.29 is 14.4 Å². The molecule has 0 bridgehead atoms. The SMILES string of the molecule is O=C1CC(=O)NC(SCC(=O)N2c3ccccc3Sc3ccccc32)=N1. The zero-order valence-corrected chi connectivity index (χ0v) is 15.1. The van der Waals surface area contributed by atoms with E-state index < -0.39 is 11.8 Å². The molecule has 0 unspecified atom stereocenters. The first-order chi connectivity index (χ1) is 12.6. The fourth-order valence-electron chi connectivity index (χ4n) is 2.72. The number of thioether (sulfide) groups is 1. The van der Waals surface area contributed by atoms with Gasteiger partial charge in [0.2, 0.25) is 11.8 Å². The average molecular weight is 383 g/mol. The van der Waals surface area contributed by atoms with E-state index >= 15 is 0 Å². The molecule has 0 radical (unpaired) electrons. The molecule has 2 aromatic rings. The zero-order chi connectivity index (χ0) is 18.1. The molecule has 130 valence electrons. The lowest BCUT2D eigenvalue weighted by Gasteiger charge is -2.31. The summed E-state index contributed by atoms with van der Waals surface area (Å²) in [7, 11) is 0. The van der Waals surface area contributed by atoms with E-state index in [0.717, 1.165) is 32.9 Å². The summed E-state index contributed by atoms with van der Waals surface area (Å²) in [4.78, 5) is 43.3. The van der Waals surface area contributed by atoms with Gasteiger partial charge in [-0.25, -0.2) is 0 Å². The van der Waals surface area contributed by atoms with Crippen LogP contribution in [0.4, 0.5) is 11.4 Å². The second kappa shape index (κ2) is 6.97. The average Bonchev–Trinajstić information content (AvgIpc) is 2.63. The second-order valence-corrected chi connectivity index (χ2v) is 7.64. The van der Waals surface area contributed by atoms with Crippen molar-refractivity contribution >= 4 is 57.8 Å². The van der Waals surface area contributed by atoms with Crippen molar-refractivity contribution in [3.05, 3.63) is 48.5 Å². The van der Waals surface area contributed by atoms with Crippen LogP contribution in [0.5, 0.6) is 0 Å². The van der Waals surface area contributed by atoms with Gasteiger partial charge in [-0.15, -0.1) is 0 Å². The summed E-state index contributed by atoms with van der Waals surface area (Å²) >= 11 is 2.68. The van der Waals surface area contributed by atoms with Gasteiger partial charge in [-0.1, -0.05) is 47.8 Å². The standard InChI is InChI=1S/C18H13N3O3S2/c22-15-9-16(23)20-18(19-15)25-10-17(24)21-11-5-1-3-7-13(11)26-14-8-4-2-6-12(14)21/h1-8H,9-10H2,(H,19,20,22,23). The van der Waals surface area contributed by atoms with Crippen molar-refractivity contribution in [1.82, 2.24) is 5.32 Å². The number of hydrogen-bond acceptors (Lipinski definition) is 5. The van der Waals surface area contributed by atoms with E-state index in [0.29, 0.717) is 0 Å². The van der Waals surface area contributed by atoms with Gasteiger partial charge in [-0.3, -0.25) is 19.3 Å². The van der Waals surface area contributed by atoms with Crippen LogP contribution in [-0.2, 0) is 14.4 Å². The van der Waals surface area contributed by atoms with Crippen molar-refractivity contribution in [2.75, 3.05) is 10.7 Å². The number of aliphatic imine (C=N–C) groups is 1. The van der Waals surface area contributed by atoms with E-state index in [1.165, 1.54) is 0 Å². The molecule has 2 aliphatic heterocycles. The summed E-state index contributed by atoms with van der Waals surface area (Å²) in [6.45, 7) is 0. The lowest BCUT2D eigenvalue weighted by atomic mass is 10.2. The van der Waals surface area contributed by atoms with Gasteiger partial charge in [-0.2, -0.15) is 4.99 Å². The van der Waals surface area contributed by atoms with Crippen molar-refractivity contribution in [1.29, 1.82) is 0 Å². The molecule has 0 atom stereocenters. The first-order valence-electron chi connectivity index (χ1n) is 7.85. The highest BCUT2D eigenvalue weighted by Gasteiger charge is 2.28. The molecule has 3 amide bonds. The van der Waals surface area contributed by atoms with Crippen LogP contribution in [0.2, 0.25) is 0 Å². The molecule has 26 heavy (non-hydrogen) atoms. The number of amides is 3. The van der Waals surface area contributed by atoms with Gasteiger partial charge < -0.3 is 5.32 Å². The summed E-state index contributed by atoms with van der Waals surface area (Å²) in [6.07, 6.45) is -0.248. The number of hydrogen-bond donors (Lipinski definition) is 1. The number of benzene rings is 2. The van der Waals surface area contributed by atoms with Gasteiger partial charge in [0.1, 0.15) is 6.42 Å². The summed E-state index contributed by atoms with van der Waals surface area (Å²) in [5, 5.41) is 2.70. The molecule has 0 aromatic heterocycles. The molecule has 0 spiro atoms. The largest absolute Gasteiger partial charge is 0.305 e. The predicted molar refractivity (Wildman–Crippen MR) is 102 cm³/mol. The number of nitrogens with one attached hydrogen (secondary N) is 1. The number of rotatable bonds is 2. The Morgan fingerprint density at radius 1 is 1.08 bits per heavy atom. The van der Waals surface area contributed by atoms with Crippen LogP contribution in [0, 0.1) is 0 Å². The van der Waals surface area contributed by atoms with Crippen LogP contribution in [0.3, 0.4) is 0 Å². The molecule has 6 nitrogen and oxygen atoms in total. The normalized spacial score (nSPS) is 15.7. The third-order valence-corrected chi connectivity index (χ3v) is 5.79. The molecule has 0 fully saturated rings. The molecule has 8 heteroatoms. The number of para-hydroxylation sites is 2. The van der Waals surface area contributed by atoms with Gasteiger partial charge in [-0.05, 0) is 24.3 Å². The van der Waals surface area contributed by atoms with Crippen molar-refractivity contribution in [3.8, 4) is 0 Å². The number of amidine groups is 1. The highest BCUT2D eigenvalue weighted by molar-refractivity contribution is 8.14. The molecular weight excluding hydrogens is 370 g/mol. The van der Waals surface area contributed by atoms with Crippen LogP contribution >= 0.6 is 23.5 Å². The Kier molecular flexibility index (Phi) is 4.52. The van der Waals surface area contributed by atoms with Gasteiger partial charge in [0.25, 0.3) is 5.91 Å².